The molecule has 5 heteroatoms. The molecule has 0 saturated carbocycles. The zero-order valence-electron chi connectivity index (χ0n) is 9.02. The van der Waals surface area contributed by atoms with Crippen LogP contribution in [-0.4, -0.2) is 20.0 Å². The number of aryl methyl sites for hydroxylation is 1. The van der Waals surface area contributed by atoms with Crippen LogP contribution in [-0.2, 0) is 0 Å². The normalized spacial score (nSPS) is 10.6. The number of anilines is 1. The van der Waals surface area contributed by atoms with Crippen molar-refractivity contribution >= 4 is 5.82 Å². The summed E-state index contributed by atoms with van der Waals surface area (Å²) >= 11 is 0. The highest BCUT2D eigenvalue weighted by atomic mass is 15.4. The van der Waals surface area contributed by atoms with Gasteiger partial charge in [0, 0.05) is 5.69 Å². The second-order valence-electron chi connectivity index (χ2n) is 3.52. The summed E-state index contributed by atoms with van der Waals surface area (Å²) in [4.78, 5) is 0. The molecule has 0 bridgehead atoms. The second kappa shape index (κ2) is 3.34. The van der Waals surface area contributed by atoms with Crippen molar-refractivity contribution in [3.63, 3.8) is 0 Å². The molecule has 5 nitrogen and oxygen atoms in total. The number of nitrogen functional groups attached to an aromatic ring is 1. The van der Waals surface area contributed by atoms with Gasteiger partial charge in [-0.15, -0.1) is 10.2 Å². The molecule has 0 unspecified atom stereocenters. The number of hydrogen-bond donors (Lipinski definition) is 1. The largest absolute Gasteiger partial charge is 0.382 e. The lowest BCUT2D eigenvalue weighted by molar-refractivity contribution is 0.783. The van der Waals surface area contributed by atoms with E-state index in [1.54, 1.807) is 16.8 Å². The van der Waals surface area contributed by atoms with Gasteiger partial charge in [-0.05, 0) is 38.5 Å². The molecule has 0 spiro atoms. The fourth-order valence-electron chi connectivity index (χ4n) is 1.39. The van der Waals surface area contributed by atoms with Crippen LogP contribution in [0.25, 0.3) is 5.82 Å². The molecule has 2 aromatic heterocycles. The van der Waals surface area contributed by atoms with Gasteiger partial charge >= 0.3 is 0 Å². The first kappa shape index (κ1) is 9.64. The maximum Gasteiger partial charge on any atom is 0.176 e. The summed E-state index contributed by atoms with van der Waals surface area (Å²) in [5.74, 6) is 1.11. The van der Waals surface area contributed by atoms with E-state index in [2.05, 4.69) is 15.3 Å². The lowest BCUT2D eigenvalue weighted by Gasteiger charge is -2.02. The maximum atomic E-state index is 5.47. The van der Waals surface area contributed by atoms with Crippen molar-refractivity contribution in [3.8, 4) is 5.82 Å². The van der Waals surface area contributed by atoms with E-state index >= 15 is 0 Å². The zero-order chi connectivity index (χ0) is 11.0. The number of nitrogens with two attached hydrogens (primary N) is 1. The Morgan fingerprint density at radius 1 is 1.13 bits per heavy atom. The van der Waals surface area contributed by atoms with Crippen LogP contribution >= 0.6 is 0 Å². The molecule has 0 atom stereocenters. The third kappa shape index (κ3) is 1.56. The molecular weight excluding hydrogens is 190 g/mol. The van der Waals surface area contributed by atoms with Crippen LogP contribution in [0.1, 0.15) is 17.0 Å². The minimum absolute atomic E-state index is 0.414. The molecule has 78 valence electrons. The topological polar surface area (TPSA) is 69.6 Å². The third-order valence-corrected chi connectivity index (χ3v) is 2.54. The number of hydrogen-bond acceptors (Lipinski definition) is 4. The van der Waals surface area contributed by atoms with Crippen molar-refractivity contribution in [1.29, 1.82) is 0 Å². The Balaban J connectivity index is 2.54. The van der Waals surface area contributed by atoms with Crippen LogP contribution in [0.2, 0.25) is 0 Å². The van der Waals surface area contributed by atoms with Crippen molar-refractivity contribution < 1.29 is 0 Å². The van der Waals surface area contributed by atoms with Gasteiger partial charge in [0.05, 0.1) is 5.69 Å². The molecule has 0 saturated heterocycles. The first-order valence-corrected chi connectivity index (χ1v) is 4.72. The predicted molar refractivity (Wildman–Crippen MR) is 57.8 cm³/mol. The summed E-state index contributed by atoms with van der Waals surface area (Å²) < 4.78 is 1.77. The van der Waals surface area contributed by atoms with Gasteiger partial charge in [0.1, 0.15) is 5.82 Å². The van der Waals surface area contributed by atoms with E-state index < -0.39 is 0 Å². The Morgan fingerprint density at radius 3 is 2.33 bits per heavy atom. The van der Waals surface area contributed by atoms with E-state index in [-0.39, 0.29) is 0 Å². The number of rotatable bonds is 1. The maximum absolute atomic E-state index is 5.47. The first-order valence-electron chi connectivity index (χ1n) is 4.72. The van der Waals surface area contributed by atoms with Gasteiger partial charge in [-0.25, -0.2) is 4.68 Å². The van der Waals surface area contributed by atoms with Crippen molar-refractivity contribution in [3.05, 3.63) is 29.1 Å². The summed E-state index contributed by atoms with van der Waals surface area (Å²) in [5.41, 5.74) is 8.73. The van der Waals surface area contributed by atoms with Crippen molar-refractivity contribution in [2.24, 2.45) is 0 Å². The lowest BCUT2D eigenvalue weighted by Crippen LogP contribution is -2.04. The summed E-state index contributed by atoms with van der Waals surface area (Å²) in [6.07, 6.45) is 0. The molecule has 0 aliphatic rings. The van der Waals surface area contributed by atoms with Crippen molar-refractivity contribution in [1.82, 2.24) is 20.0 Å². The van der Waals surface area contributed by atoms with Crippen LogP contribution < -0.4 is 5.73 Å². The zero-order valence-corrected chi connectivity index (χ0v) is 9.02. The summed E-state index contributed by atoms with van der Waals surface area (Å²) in [5, 5.41) is 12.2. The van der Waals surface area contributed by atoms with Crippen molar-refractivity contribution in [2.75, 3.05) is 5.73 Å². The molecule has 2 N–H and O–H groups in total. The highest BCUT2D eigenvalue weighted by Gasteiger charge is 2.09. The molecule has 0 aromatic carbocycles. The lowest BCUT2D eigenvalue weighted by atomic mass is 10.2. The van der Waals surface area contributed by atoms with Gasteiger partial charge in [0.15, 0.2) is 5.82 Å². The molecule has 15 heavy (non-hydrogen) atoms. The second-order valence-corrected chi connectivity index (χ2v) is 3.52. The number of aromatic nitrogens is 4. The molecule has 0 amide bonds. The van der Waals surface area contributed by atoms with E-state index in [1.165, 1.54) is 5.56 Å². The standard InChI is InChI=1S/C10H13N5/c1-6-7(2)14-15(8(6)3)10-5-4-9(11)12-13-10/h4-5H,1-3H3,(H2,11,12). The van der Waals surface area contributed by atoms with Gasteiger partial charge in [-0.1, -0.05) is 0 Å². The van der Waals surface area contributed by atoms with Gasteiger partial charge in [0.25, 0.3) is 0 Å². The molecule has 2 heterocycles. The quantitative estimate of drug-likeness (QED) is 0.755. The van der Waals surface area contributed by atoms with E-state index in [0.29, 0.717) is 11.6 Å². The van der Waals surface area contributed by atoms with Crippen LogP contribution in [0.15, 0.2) is 12.1 Å². The number of nitrogens with zero attached hydrogens (tertiary/aromatic N) is 4. The Labute approximate surface area is 87.9 Å². The molecule has 2 aromatic rings. The van der Waals surface area contributed by atoms with Crippen molar-refractivity contribution in [2.45, 2.75) is 20.8 Å². The van der Waals surface area contributed by atoms with Crippen LogP contribution in [0, 0.1) is 20.8 Å². The fraction of sp³-hybridized carbons (Fsp3) is 0.300. The Bertz CT molecular complexity index is 483. The van der Waals surface area contributed by atoms with Crippen LogP contribution in [0.5, 0.6) is 0 Å². The van der Waals surface area contributed by atoms with E-state index in [1.807, 2.05) is 20.8 Å². The predicted octanol–water partition coefficient (Wildman–Crippen LogP) is 1.17. The van der Waals surface area contributed by atoms with E-state index in [4.69, 9.17) is 5.73 Å². The summed E-state index contributed by atoms with van der Waals surface area (Å²) in [6.45, 7) is 6.02. The minimum atomic E-state index is 0.414. The molecule has 0 aliphatic carbocycles. The average Bonchev–Trinajstić information content (AvgIpc) is 2.47. The Hall–Kier alpha value is -1.91. The molecule has 0 aliphatic heterocycles. The summed E-state index contributed by atoms with van der Waals surface area (Å²) in [7, 11) is 0. The fourth-order valence-corrected chi connectivity index (χ4v) is 1.39. The molecule has 0 fully saturated rings. The van der Waals surface area contributed by atoms with Gasteiger partial charge in [-0.3, -0.25) is 0 Å². The van der Waals surface area contributed by atoms with Crippen LogP contribution in [0.4, 0.5) is 5.82 Å². The third-order valence-electron chi connectivity index (χ3n) is 2.54. The highest BCUT2D eigenvalue weighted by Crippen LogP contribution is 2.14. The SMILES string of the molecule is Cc1nn(-c2ccc(N)nn2)c(C)c1C. The Morgan fingerprint density at radius 2 is 1.87 bits per heavy atom. The highest BCUT2D eigenvalue weighted by molar-refractivity contribution is 5.34. The van der Waals surface area contributed by atoms with Gasteiger partial charge in [0.2, 0.25) is 0 Å². The van der Waals surface area contributed by atoms with Gasteiger partial charge < -0.3 is 5.73 Å². The molecule has 2 rings (SSSR count). The van der Waals surface area contributed by atoms with E-state index in [0.717, 1.165) is 11.4 Å². The van der Waals surface area contributed by atoms with Gasteiger partial charge in [-0.2, -0.15) is 5.10 Å². The summed E-state index contributed by atoms with van der Waals surface area (Å²) in [6, 6.07) is 3.52. The molecular formula is C10H13N5. The van der Waals surface area contributed by atoms with E-state index in [9.17, 15) is 0 Å². The molecule has 0 radical (unpaired) electrons. The minimum Gasteiger partial charge on any atom is -0.382 e. The Kier molecular flexibility index (Phi) is 2.15. The smallest absolute Gasteiger partial charge is 0.176 e. The van der Waals surface area contributed by atoms with Crippen LogP contribution in [0.3, 0.4) is 0 Å². The average molecular weight is 203 g/mol. The monoisotopic (exact) mass is 203 g/mol. The first-order chi connectivity index (χ1) is 7.09.